The second-order valence-corrected chi connectivity index (χ2v) is 6.54. The average Bonchev–Trinajstić information content (AvgIpc) is 2.62. The predicted molar refractivity (Wildman–Crippen MR) is 101 cm³/mol. The summed E-state index contributed by atoms with van der Waals surface area (Å²) in [5.74, 6) is -1.36. The molecule has 0 unspecified atom stereocenters. The highest BCUT2D eigenvalue weighted by atomic mass is 79.9. The summed E-state index contributed by atoms with van der Waals surface area (Å²) in [5, 5.41) is 14.0. The number of primary amides is 1. The van der Waals surface area contributed by atoms with E-state index in [1.54, 1.807) is 18.2 Å². The Morgan fingerprint density at radius 3 is 2.81 bits per heavy atom. The highest BCUT2D eigenvalue weighted by Gasteiger charge is 2.17. The number of nitrogens with two attached hydrogens (primary N) is 1. The van der Waals surface area contributed by atoms with Crippen molar-refractivity contribution in [2.24, 2.45) is 5.73 Å². The van der Waals surface area contributed by atoms with Crippen LogP contribution in [0.25, 0.3) is 0 Å². The molecule has 26 heavy (non-hydrogen) atoms. The topological polar surface area (TPSA) is 127 Å². The summed E-state index contributed by atoms with van der Waals surface area (Å²) in [6.07, 6.45) is 3.30. The number of esters is 1. The number of nitrogens with one attached hydrogen (secondary N) is 3. The van der Waals surface area contributed by atoms with Gasteiger partial charge in [-0.15, -0.1) is 0 Å². The van der Waals surface area contributed by atoms with Crippen LogP contribution in [0.1, 0.15) is 23.2 Å². The Bertz CT molecular complexity index is 729. The number of halogens is 1. The molecule has 5 N–H and O–H groups in total. The number of methoxy groups -OCH3 is 1. The molecule has 140 valence electrons. The van der Waals surface area contributed by atoms with Gasteiger partial charge in [-0.25, -0.2) is 4.79 Å². The molecule has 1 aliphatic heterocycles. The van der Waals surface area contributed by atoms with Crippen molar-refractivity contribution >= 4 is 39.3 Å². The summed E-state index contributed by atoms with van der Waals surface area (Å²) < 4.78 is 10.5. The van der Waals surface area contributed by atoms with Gasteiger partial charge in [-0.05, 0) is 47.0 Å². The van der Waals surface area contributed by atoms with Gasteiger partial charge in [-0.2, -0.15) is 0 Å². The third-order valence-corrected chi connectivity index (χ3v) is 4.46. The van der Waals surface area contributed by atoms with Gasteiger partial charge < -0.3 is 25.8 Å². The van der Waals surface area contributed by atoms with Gasteiger partial charge in [0, 0.05) is 29.0 Å². The third kappa shape index (κ3) is 5.30. The van der Waals surface area contributed by atoms with E-state index < -0.39 is 11.9 Å². The molecule has 1 atom stereocenters. The van der Waals surface area contributed by atoms with Crippen LogP contribution in [0.2, 0.25) is 0 Å². The first kappa shape index (κ1) is 19.9. The number of rotatable bonds is 6. The van der Waals surface area contributed by atoms with Crippen LogP contribution in [0, 0.1) is 5.41 Å². The Labute approximate surface area is 159 Å². The first-order valence-electron chi connectivity index (χ1n) is 8.00. The summed E-state index contributed by atoms with van der Waals surface area (Å²) in [7, 11) is 1.30. The number of carbonyl (C=O) groups excluding carboxylic acids is 2. The first-order chi connectivity index (χ1) is 12.4. The van der Waals surface area contributed by atoms with E-state index in [1.165, 1.54) is 13.3 Å². The van der Waals surface area contributed by atoms with Crippen LogP contribution in [0.15, 0.2) is 34.4 Å². The Morgan fingerprint density at radius 1 is 1.46 bits per heavy atom. The van der Waals surface area contributed by atoms with Crippen LogP contribution in [-0.2, 0) is 14.3 Å². The molecule has 0 saturated carbocycles. The maximum atomic E-state index is 11.7. The van der Waals surface area contributed by atoms with E-state index >= 15 is 0 Å². The fourth-order valence-electron chi connectivity index (χ4n) is 2.42. The van der Waals surface area contributed by atoms with E-state index in [0.717, 1.165) is 19.4 Å². The Balaban J connectivity index is 2.08. The summed E-state index contributed by atoms with van der Waals surface area (Å²) >= 11 is 3.28. The van der Waals surface area contributed by atoms with Gasteiger partial charge in [-0.3, -0.25) is 10.2 Å². The molecule has 1 aliphatic rings. The van der Waals surface area contributed by atoms with Crippen LogP contribution in [0.4, 0.5) is 5.69 Å². The molecule has 1 fully saturated rings. The van der Waals surface area contributed by atoms with Crippen molar-refractivity contribution in [3.05, 3.63) is 40.0 Å². The fraction of sp³-hybridized carbons (Fsp3) is 0.353. The van der Waals surface area contributed by atoms with Crippen molar-refractivity contribution in [1.82, 2.24) is 5.32 Å². The largest absolute Gasteiger partial charge is 0.465 e. The van der Waals surface area contributed by atoms with E-state index in [1.807, 2.05) is 0 Å². The van der Waals surface area contributed by atoms with Crippen LogP contribution in [0.5, 0.6) is 0 Å². The monoisotopic (exact) mass is 424 g/mol. The van der Waals surface area contributed by atoms with E-state index in [2.05, 4.69) is 31.3 Å². The normalized spacial score (nSPS) is 17.3. The lowest BCUT2D eigenvalue weighted by molar-refractivity contribution is -0.114. The van der Waals surface area contributed by atoms with E-state index in [9.17, 15) is 9.59 Å². The Kier molecular flexibility index (Phi) is 7.16. The molecule has 0 bridgehead atoms. The number of ether oxygens (including phenoxy) is 2. The molecule has 0 aliphatic carbocycles. The van der Waals surface area contributed by atoms with Gasteiger partial charge >= 0.3 is 5.97 Å². The fourth-order valence-corrected chi connectivity index (χ4v) is 2.96. The Morgan fingerprint density at radius 2 is 2.23 bits per heavy atom. The zero-order valence-corrected chi connectivity index (χ0v) is 15.9. The molecule has 0 radical (unpaired) electrons. The highest BCUT2D eigenvalue weighted by molar-refractivity contribution is 9.10. The van der Waals surface area contributed by atoms with E-state index in [4.69, 9.17) is 15.9 Å². The molecule has 1 amide bonds. The number of hydrogen-bond donors (Lipinski definition) is 4. The zero-order valence-electron chi connectivity index (χ0n) is 14.3. The lowest BCUT2D eigenvalue weighted by Gasteiger charge is -2.22. The maximum Gasteiger partial charge on any atom is 0.339 e. The van der Waals surface area contributed by atoms with Crippen molar-refractivity contribution in [2.45, 2.75) is 18.9 Å². The minimum absolute atomic E-state index is 0.0174. The zero-order chi connectivity index (χ0) is 19.1. The molecule has 1 heterocycles. The molecule has 0 spiro atoms. The second-order valence-electron chi connectivity index (χ2n) is 5.69. The van der Waals surface area contributed by atoms with Crippen molar-refractivity contribution in [3.8, 4) is 0 Å². The lowest BCUT2D eigenvalue weighted by Crippen LogP contribution is -2.35. The smallest absolute Gasteiger partial charge is 0.339 e. The van der Waals surface area contributed by atoms with Gasteiger partial charge in [0.25, 0.3) is 5.91 Å². The minimum Gasteiger partial charge on any atom is -0.465 e. The van der Waals surface area contributed by atoms with Gasteiger partial charge in [0.1, 0.15) is 5.84 Å². The van der Waals surface area contributed by atoms with Crippen molar-refractivity contribution in [2.75, 3.05) is 25.6 Å². The molecule has 0 aromatic heterocycles. The summed E-state index contributed by atoms with van der Waals surface area (Å²) in [4.78, 5) is 23.3. The van der Waals surface area contributed by atoms with Crippen molar-refractivity contribution in [1.29, 1.82) is 5.41 Å². The SMILES string of the molecule is COC(=O)c1ccc(NC(=N)/C(=C\N[C@@H]2CCCOC2)C(N)=O)cc1Br. The number of anilines is 1. The molecule has 9 heteroatoms. The van der Waals surface area contributed by atoms with Crippen LogP contribution in [0.3, 0.4) is 0 Å². The Hall–Kier alpha value is -2.39. The quantitative estimate of drug-likeness (QED) is 0.238. The van der Waals surface area contributed by atoms with Gasteiger partial charge in [0.05, 0.1) is 24.9 Å². The standard InChI is InChI=1S/C17H21BrN4O4/c1-25-17(24)12-5-4-10(7-14(12)18)22-15(19)13(16(20)23)8-21-11-3-2-6-26-9-11/h4-5,7-8,11,21H,2-3,6,9H2,1H3,(H2,19,22)(H2,20,23)/b13-8+/t11-/m1/s1. The van der Waals surface area contributed by atoms with Gasteiger partial charge in [-0.1, -0.05) is 0 Å². The maximum absolute atomic E-state index is 11.7. The van der Waals surface area contributed by atoms with Gasteiger partial charge in [0.2, 0.25) is 0 Å². The first-order valence-corrected chi connectivity index (χ1v) is 8.79. The molecular weight excluding hydrogens is 404 g/mol. The molecule has 8 nitrogen and oxygen atoms in total. The minimum atomic E-state index is -0.725. The van der Waals surface area contributed by atoms with E-state index in [0.29, 0.717) is 22.3 Å². The molecular formula is C17H21BrN4O4. The average molecular weight is 425 g/mol. The highest BCUT2D eigenvalue weighted by Crippen LogP contribution is 2.22. The molecule has 1 saturated heterocycles. The molecule has 1 aromatic carbocycles. The third-order valence-electron chi connectivity index (χ3n) is 3.80. The molecule has 2 rings (SSSR count). The summed E-state index contributed by atoms with van der Waals surface area (Å²) in [6, 6.07) is 4.85. The van der Waals surface area contributed by atoms with Gasteiger partial charge in [0.15, 0.2) is 0 Å². The number of hydrogen-bond acceptors (Lipinski definition) is 6. The number of amides is 1. The number of carbonyl (C=O) groups is 2. The van der Waals surface area contributed by atoms with Crippen LogP contribution >= 0.6 is 15.9 Å². The van der Waals surface area contributed by atoms with Crippen molar-refractivity contribution in [3.63, 3.8) is 0 Å². The summed E-state index contributed by atoms with van der Waals surface area (Å²) in [5.41, 5.74) is 6.28. The summed E-state index contributed by atoms with van der Waals surface area (Å²) in [6.45, 7) is 1.28. The van der Waals surface area contributed by atoms with Crippen LogP contribution < -0.4 is 16.4 Å². The molecule has 1 aromatic rings. The van der Waals surface area contributed by atoms with Crippen molar-refractivity contribution < 1.29 is 19.1 Å². The second kappa shape index (κ2) is 9.35. The number of amidine groups is 1. The number of benzene rings is 1. The predicted octanol–water partition coefficient (Wildman–Crippen LogP) is 1.76. The van der Waals surface area contributed by atoms with Crippen LogP contribution in [-0.4, -0.2) is 44.1 Å². The lowest BCUT2D eigenvalue weighted by atomic mass is 10.1. The van der Waals surface area contributed by atoms with E-state index in [-0.39, 0.29) is 17.5 Å².